The number of rotatable bonds is 12. The smallest absolute Gasteiger partial charge is 0.356 e. The van der Waals surface area contributed by atoms with Crippen LogP contribution in [0, 0.1) is 29.5 Å². The van der Waals surface area contributed by atoms with Gasteiger partial charge >= 0.3 is 5.97 Å². The number of unbranched alkanes of at least 4 members (excludes halogenated alkanes) is 2. The zero-order valence-corrected chi connectivity index (χ0v) is 19.4. The Morgan fingerprint density at radius 1 is 1.34 bits per heavy atom. The van der Waals surface area contributed by atoms with E-state index in [4.69, 9.17) is 11.2 Å². The molecule has 0 fully saturated rings. The van der Waals surface area contributed by atoms with Gasteiger partial charge in [0.15, 0.2) is 0 Å². The molecular weight excluding hydrogens is 363 g/mol. The van der Waals surface area contributed by atoms with E-state index >= 15 is 0 Å². The third kappa shape index (κ3) is 12.2. The molecule has 0 bridgehead atoms. The predicted octanol–water partition coefficient (Wildman–Crippen LogP) is 5.08. The van der Waals surface area contributed by atoms with Crippen LogP contribution in [0.15, 0.2) is 16.8 Å². The van der Waals surface area contributed by atoms with Crippen LogP contribution in [0.2, 0.25) is 12.1 Å². The third-order valence-corrected chi connectivity index (χ3v) is 4.66. The average Bonchev–Trinajstić information content (AvgIpc) is 2.71. The minimum Gasteiger partial charge on any atom is -0.461 e. The van der Waals surface area contributed by atoms with Crippen LogP contribution in [0.3, 0.4) is 0 Å². The number of carbonyl (C=O) groups excluding carboxylic acids is 1. The number of aliphatic hydroxyl groups excluding tert-OH is 1. The van der Waals surface area contributed by atoms with Crippen molar-refractivity contribution in [1.29, 1.82) is 5.26 Å². The van der Waals surface area contributed by atoms with Gasteiger partial charge in [-0.25, -0.2) is 15.0 Å². The molecule has 5 nitrogen and oxygen atoms in total. The summed E-state index contributed by atoms with van der Waals surface area (Å²) in [6, 6.07) is 0. The van der Waals surface area contributed by atoms with Crippen molar-refractivity contribution < 1.29 is 14.6 Å². The molecule has 1 N–H and O–H groups in total. The van der Waals surface area contributed by atoms with Gasteiger partial charge in [-0.1, -0.05) is 46.5 Å². The number of hydrogen-bond donors (Lipinski definition) is 1. The van der Waals surface area contributed by atoms with Crippen LogP contribution in [-0.4, -0.2) is 36.2 Å². The number of carbonyl (C=O) groups is 1. The normalized spacial score (nSPS) is 13.5. The maximum atomic E-state index is 11.9. The molecule has 0 heterocycles. The lowest BCUT2D eigenvalue weighted by atomic mass is 9.36. The number of nitrogens with zero attached hydrogens (tertiary/aromatic N) is 2. The summed E-state index contributed by atoms with van der Waals surface area (Å²) in [5.41, 5.74) is 0.631. The first-order valence-corrected chi connectivity index (χ1v) is 10.7. The zero-order valence-electron chi connectivity index (χ0n) is 19.4. The summed E-state index contributed by atoms with van der Waals surface area (Å²) < 4.78 is 4.96. The van der Waals surface area contributed by atoms with Gasteiger partial charge in [-0.3, -0.25) is 0 Å². The van der Waals surface area contributed by atoms with Gasteiger partial charge in [0.2, 0.25) is 0 Å². The Morgan fingerprint density at radius 3 is 2.41 bits per heavy atom. The van der Waals surface area contributed by atoms with Gasteiger partial charge in [0.25, 0.3) is 6.71 Å². The summed E-state index contributed by atoms with van der Waals surface area (Å²) in [4.78, 5) is 16.1. The van der Waals surface area contributed by atoms with Gasteiger partial charge in [0.05, 0.1) is 12.7 Å². The lowest BCUT2D eigenvalue weighted by molar-refractivity contribution is -0.138. The Kier molecular flexibility index (Phi) is 18.1. The minimum absolute atomic E-state index is 0.0395. The summed E-state index contributed by atoms with van der Waals surface area (Å²) in [5.74, 6) is 4.80. The number of esters is 1. The van der Waals surface area contributed by atoms with E-state index in [1.807, 2.05) is 13.8 Å². The average molecular weight is 402 g/mol. The first-order valence-electron chi connectivity index (χ1n) is 10.7. The maximum absolute atomic E-state index is 11.9. The number of nitriles is 1. The van der Waals surface area contributed by atoms with E-state index in [1.165, 1.54) is 0 Å². The van der Waals surface area contributed by atoms with Crippen molar-refractivity contribution in [2.45, 2.75) is 92.4 Å². The Labute approximate surface area is 178 Å². The first-order chi connectivity index (χ1) is 13.8. The van der Waals surface area contributed by atoms with E-state index in [0.717, 1.165) is 25.6 Å². The van der Waals surface area contributed by atoms with E-state index in [-0.39, 0.29) is 30.8 Å². The Hall–Kier alpha value is -2.05. The molecule has 0 aromatic carbocycles. The Morgan fingerprint density at radius 2 is 1.97 bits per heavy atom. The van der Waals surface area contributed by atoms with Crippen LogP contribution in [-0.2, 0) is 9.53 Å². The molecule has 0 amide bonds. The fourth-order valence-corrected chi connectivity index (χ4v) is 2.99. The predicted molar refractivity (Wildman–Crippen MR) is 123 cm³/mol. The highest BCUT2D eigenvalue weighted by molar-refractivity contribution is 6.68. The topological polar surface area (TPSA) is 82.7 Å². The molecule has 0 aliphatic heterocycles. The molecule has 162 valence electrons. The van der Waals surface area contributed by atoms with Crippen molar-refractivity contribution in [2.75, 3.05) is 6.61 Å². The van der Waals surface area contributed by atoms with E-state index < -0.39 is 12.1 Å². The van der Waals surface area contributed by atoms with Gasteiger partial charge in [0.1, 0.15) is 5.70 Å². The summed E-state index contributed by atoms with van der Waals surface area (Å²) in [7, 11) is 0. The van der Waals surface area contributed by atoms with E-state index in [9.17, 15) is 15.2 Å². The highest BCUT2D eigenvalue weighted by atomic mass is 16.5. The highest BCUT2D eigenvalue weighted by Crippen LogP contribution is 2.30. The number of aliphatic imine (C=N–C) groups is 1. The molecule has 2 atom stereocenters. The molecule has 0 aromatic heterocycles. The van der Waals surface area contributed by atoms with Crippen molar-refractivity contribution in [3.63, 3.8) is 0 Å². The van der Waals surface area contributed by atoms with Crippen LogP contribution < -0.4 is 0 Å². The monoisotopic (exact) mass is 402 g/mol. The molecule has 0 aliphatic carbocycles. The van der Waals surface area contributed by atoms with Gasteiger partial charge in [-0.15, -0.1) is 12.3 Å². The largest absolute Gasteiger partial charge is 0.461 e. The van der Waals surface area contributed by atoms with Gasteiger partial charge in [-0.05, 0) is 45.3 Å². The summed E-state index contributed by atoms with van der Waals surface area (Å²) in [5, 5.41) is 20.2. The van der Waals surface area contributed by atoms with Gasteiger partial charge < -0.3 is 9.84 Å². The van der Waals surface area contributed by atoms with Gasteiger partial charge in [0, 0.05) is 18.1 Å². The molecule has 29 heavy (non-hydrogen) atoms. The number of terminal acetylenes is 1. The van der Waals surface area contributed by atoms with Gasteiger partial charge in [-0.2, -0.15) is 0 Å². The van der Waals surface area contributed by atoms with Crippen LogP contribution in [0.25, 0.3) is 0 Å². The second kappa shape index (κ2) is 18.0. The van der Waals surface area contributed by atoms with Crippen LogP contribution in [0.1, 0.15) is 74.1 Å². The summed E-state index contributed by atoms with van der Waals surface area (Å²) in [6.07, 6.45) is 9.76. The molecule has 2 unspecified atom stereocenters. The quantitative estimate of drug-likeness (QED) is 0.123. The molecular formula is C23H39BN2O3. The Balaban J connectivity index is 0. The third-order valence-electron chi connectivity index (χ3n) is 4.66. The van der Waals surface area contributed by atoms with Crippen LogP contribution in [0.4, 0.5) is 0 Å². The molecule has 6 heteroatoms. The van der Waals surface area contributed by atoms with E-state index in [0.29, 0.717) is 12.1 Å². The zero-order chi connectivity index (χ0) is 22.8. The molecule has 0 spiro atoms. The van der Waals surface area contributed by atoms with Crippen molar-refractivity contribution in [1.82, 2.24) is 0 Å². The first kappa shape index (κ1) is 29.2. The van der Waals surface area contributed by atoms with Crippen molar-refractivity contribution >= 4 is 18.4 Å². The number of allylic oxidation sites excluding steroid dienone is 1. The minimum atomic E-state index is -0.816. The molecule has 0 radical (unpaired) electrons. The van der Waals surface area contributed by atoms with Crippen molar-refractivity contribution in [3.8, 4) is 18.3 Å². The van der Waals surface area contributed by atoms with E-state index in [2.05, 4.69) is 30.7 Å². The maximum Gasteiger partial charge on any atom is 0.356 e. The SMILES string of the molecule is C#CCCCCB(C#N)C(CC(O)C(C)=N/C(=C\C)C(=O)OCC)C(C)C.CC. The molecule has 0 saturated heterocycles. The Bertz CT molecular complexity index is 600. The van der Waals surface area contributed by atoms with Crippen LogP contribution in [0.5, 0.6) is 0 Å². The summed E-state index contributed by atoms with van der Waals surface area (Å²) >= 11 is 0. The lowest BCUT2D eigenvalue weighted by Crippen LogP contribution is -2.30. The van der Waals surface area contributed by atoms with Crippen molar-refractivity contribution in [3.05, 3.63) is 11.8 Å². The van der Waals surface area contributed by atoms with E-state index in [1.54, 1.807) is 26.8 Å². The highest BCUT2D eigenvalue weighted by Gasteiger charge is 2.31. The lowest BCUT2D eigenvalue weighted by Gasteiger charge is -2.26. The number of aliphatic hydroxyl groups is 1. The molecule has 0 aliphatic rings. The number of hydrogen-bond acceptors (Lipinski definition) is 5. The number of ether oxygens (including phenoxy) is 1. The molecule has 0 aromatic rings. The fourth-order valence-electron chi connectivity index (χ4n) is 2.99. The second-order valence-corrected chi connectivity index (χ2v) is 6.99. The second-order valence-electron chi connectivity index (χ2n) is 6.99. The molecule has 0 saturated carbocycles. The van der Waals surface area contributed by atoms with Crippen LogP contribution >= 0.6 is 0 Å². The fraction of sp³-hybridized carbons (Fsp3) is 0.696. The van der Waals surface area contributed by atoms with Crippen molar-refractivity contribution in [2.24, 2.45) is 10.9 Å². The molecule has 0 rings (SSSR count). The standard InChI is InChI=1S/C21H33BN2O3.C2H6/c1-7-10-11-12-13-22(15-23)18(16(4)5)14-20(25)17(6)24-19(8-2)21(26)27-9-3;1-2/h1,8,16,18,20,25H,9-14H2,2-6H3;1-2H3/b19-8-,24-17?;. The summed E-state index contributed by atoms with van der Waals surface area (Å²) in [6.45, 7) is 13.4.